The number of amides is 1. The summed E-state index contributed by atoms with van der Waals surface area (Å²) in [6, 6.07) is 9.39. The molecule has 6 nitrogen and oxygen atoms in total. The number of nitrogens with one attached hydrogen (secondary N) is 2. The average Bonchev–Trinajstić information content (AvgIpc) is 3.08. The number of methoxy groups -OCH3 is 1. The second-order valence-corrected chi connectivity index (χ2v) is 5.95. The predicted molar refractivity (Wildman–Crippen MR) is 101 cm³/mol. The van der Waals surface area contributed by atoms with Crippen molar-refractivity contribution < 1.29 is 18.7 Å². The number of hydrogen-bond acceptors (Lipinski definition) is 4. The van der Waals surface area contributed by atoms with E-state index >= 15 is 0 Å². The minimum atomic E-state index is -0.404. The van der Waals surface area contributed by atoms with E-state index in [1.165, 1.54) is 26.2 Å². The number of H-pyrrole nitrogens is 1. The molecule has 0 unspecified atom stereocenters. The number of rotatable bonds is 6. The largest absolute Gasteiger partial charge is 0.495 e. The number of nitrogens with zero attached hydrogens (tertiary/aromatic N) is 1. The van der Waals surface area contributed by atoms with E-state index in [4.69, 9.17) is 4.74 Å². The lowest BCUT2D eigenvalue weighted by Gasteiger charge is -2.10. The molecule has 0 aliphatic heterocycles. The summed E-state index contributed by atoms with van der Waals surface area (Å²) in [6.45, 7) is 1.35. The highest BCUT2D eigenvalue weighted by Crippen LogP contribution is 2.32. The van der Waals surface area contributed by atoms with Gasteiger partial charge in [-0.2, -0.15) is 5.10 Å². The fourth-order valence-corrected chi connectivity index (χ4v) is 2.67. The van der Waals surface area contributed by atoms with Crippen molar-refractivity contribution in [2.24, 2.45) is 0 Å². The molecule has 0 aliphatic rings. The number of carbonyl (C=O) groups is 2. The Morgan fingerprint density at radius 1 is 1.19 bits per heavy atom. The maximum atomic E-state index is 13.0. The van der Waals surface area contributed by atoms with Crippen molar-refractivity contribution in [1.82, 2.24) is 15.5 Å². The molecule has 2 aromatic carbocycles. The third kappa shape index (κ3) is 4.03. The second kappa shape index (κ2) is 7.82. The van der Waals surface area contributed by atoms with Gasteiger partial charge >= 0.3 is 0 Å². The lowest BCUT2D eigenvalue weighted by molar-refractivity contribution is -0.116. The predicted octanol–water partition coefficient (Wildman–Crippen LogP) is 3.20. The standard InChI is InChI=1S/C20H18FN3O3/c1-12(25)11-22-20(26)15-8-10-17-18(19(15)27-2)16(23-24-17)9-5-13-3-6-14(21)7-4-13/h3-10H,11H2,1-2H3,(H,22,26)(H,23,24)/b9-5+. The molecule has 0 atom stereocenters. The van der Waals surface area contributed by atoms with E-state index in [9.17, 15) is 14.0 Å². The Labute approximate surface area is 155 Å². The van der Waals surface area contributed by atoms with E-state index in [0.29, 0.717) is 27.9 Å². The molecule has 7 heteroatoms. The number of benzene rings is 2. The van der Waals surface area contributed by atoms with Gasteiger partial charge in [0.05, 0.1) is 35.8 Å². The molecule has 0 fully saturated rings. The third-order valence-electron chi connectivity index (χ3n) is 3.96. The number of hydrogen-bond donors (Lipinski definition) is 2. The number of ether oxygens (including phenoxy) is 1. The van der Waals surface area contributed by atoms with Crippen molar-refractivity contribution in [2.45, 2.75) is 6.92 Å². The van der Waals surface area contributed by atoms with Crippen molar-refractivity contribution >= 4 is 34.7 Å². The molecule has 138 valence electrons. The Hall–Kier alpha value is -3.48. The molecule has 3 aromatic rings. The summed E-state index contributed by atoms with van der Waals surface area (Å²) in [6.07, 6.45) is 3.54. The Bertz CT molecular complexity index is 1020. The maximum Gasteiger partial charge on any atom is 0.255 e. The molecule has 1 aromatic heterocycles. The van der Waals surface area contributed by atoms with Gasteiger partial charge in [-0.3, -0.25) is 14.7 Å². The molecule has 27 heavy (non-hydrogen) atoms. The van der Waals surface area contributed by atoms with Crippen LogP contribution in [0.5, 0.6) is 5.75 Å². The molecule has 1 heterocycles. The first-order valence-corrected chi connectivity index (χ1v) is 8.26. The van der Waals surface area contributed by atoms with Crippen molar-refractivity contribution in [3.63, 3.8) is 0 Å². The van der Waals surface area contributed by atoms with Gasteiger partial charge in [0.1, 0.15) is 17.3 Å². The first-order chi connectivity index (χ1) is 13.0. The van der Waals surface area contributed by atoms with Gasteiger partial charge in [0.2, 0.25) is 0 Å². The molecule has 0 saturated carbocycles. The highest BCUT2D eigenvalue weighted by atomic mass is 19.1. The smallest absolute Gasteiger partial charge is 0.255 e. The topological polar surface area (TPSA) is 84.1 Å². The van der Waals surface area contributed by atoms with E-state index < -0.39 is 5.91 Å². The molecule has 0 aliphatic carbocycles. The van der Waals surface area contributed by atoms with Crippen LogP contribution in [-0.4, -0.2) is 35.5 Å². The summed E-state index contributed by atoms with van der Waals surface area (Å²) < 4.78 is 18.5. The van der Waals surface area contributed by atoms with Gasteiger partial charge in [-0.15, -0.1) is 0 Å². The molecule has 3 rings (SSSR count). The third-order valence-corrected chi connectivity index (χ3v) is 3.96. The van der Waals surface area contributed by atoms with Crippen LogP contribution in [0.1, 0.15) is 28.5 Å². The number of halogens is 1. The van der Waals surface area contributed by atoms with Crippen LogP contribution in [0.2, 0.25) is 0 Å². The quantitative estimate of drug-likeness (QED) is 0.701. The number of fused-ring (bicyclic) bond motifs is 1. The number of ketones is 1. The second-order valence-electron chi connectivity index (χ2n) is 5.95. The number of Topliss-reactive ketones (excluding diaryl/α,β-unsaturated/α-hetero) is 1. The zero-order valence-electron chi connectivity index (χ0n) is 14.9. The summed E-state index contributed by atoms with van der Waals surface area (Å²) in [7, 11) is 1.47. The Morgan fingerprint density at radius 2 is 1.93 bits per heavy atom. The monoisotopic (exact) mass is 367 g/mol. The Kier molecular flexibility index (Phi) is 5.30. The average molecular weight is 367 g/mol. The molecule has 0 spiro atoms. The lowest BCUT2D eigenvalue weighted by atomic mass is 10.1. The SMILES string of the molecule is COc1c(C(=O)NCC(C)=O)ccc2[nH]nc(/C=C/c3ccc(F)cc3)c12. The number of aromatic nitrogens is 2. The van der Waals surface area contributed by atoms with Crippen LogP contribution in [0.25, 0.3) is 23.1 Å². The van der Waals surface area contributed by atoms with Gasteiger partial charge in [-0.25, -0.2) is 4.39 Å². The zero-order chi connectivity index (χ0) is 19.4. The highest BCUT2D eigenvalue weighted by Gasteiger charge is 2.18. The van der Waals surface area contributed by atoms with Gasteiger partial charge in [-0.05, 0) is 42.8 Å². The van der Waals surface area contributed by atoms with Crippen LogP contribution in [0.4, 0.5) is 4.39 Å². The first-order valence-electron chi connectivity index (χ1n) is 8.26. The molecular formula is C20H18FN3O3. The van der Waals surface area contributed by atoms with E-state index in [2.05, 4.69) is 15.5 Å². The van der Waals surface area contributed by atoms with E-state index in [1.54, 1.807) is 36.4 Å². The van der Waals surface area contributed by atoms with Crippen molar-refractivity contribution in [3.05, 3.63) is 59.0 Å². The zero-order valence-corrected chi connectivity index (χ0v) is 14.9. The highest BCUT2D eigenvalue weighted by molar-refractivity contribution is 6.06. The van der Waals surface area contributed by atoms with Crippen molar-refractivity contribution in [3.8, 4) is 5.75 Å². The Balaban J connectivity index is 1.99. The van der Waals surface area contributed by atoms with Crippen LogP contribution >= 0.6 is 0 Å². The molecule has 2 N–H and O–H groups in total. The van der Waals surface area contributed by atoms with Crippen LogP contribution in [-0.2, 0) is 4.79 Å². The fourth-order valence-electron chi connectivity index (χ4n) is 2.67. The Morgan fingerprint density at radius 3 is 2.59 bits per heavy atom. The lowest BCUT2D eigenvalue weighted by Crippen LogP contribution is -2.28. The molecular weight excluding hydrogens is 349 g/mol. The summed E-state index contributed by atoms with van der Waals surface area (Å²) in [5, 5.41) is 10.4. The minimum absolute atomic E-state index is 0.0528. The molecule has 0 saturated heterocycles. The molecule has 0 radical (unpaired) electrons. The number of carbonyl (C=O) groups excluding carboxylic acids is 2. The van der Waals surface area contributed by atoms with Gasteiger partial charge in [0.15, 0.2) is 0 Å². The van der Waals surface area contributed by atoms with Crippen molar-refractivity contribution in [1.29, 1.82) is 0 Å². The van der Waals surface area contributed by atoms with Crippen LogP contribution in [0, 0.1) is 5.82 Å². The summed E-state index contributed by atoms with van der Waals surface area (Å²) in [5.41, 5.74) is 2.40. The van der Waals surface area contributed by atoms with Gasteiger partial charge < -0.3 is 10.1 Å². The van der Waals surface area contributed by atoms with Gasteiger partial charge in [-0.1, -0.05) is 18.2 Å². The summed E-state index contributed by atoms with van der Waals surface area (Å²) >= 11 is 0. The van der Waals surface area contributed by atoms with E-state index in [0.717, 1.165) is 5.56 Å². The molecule has 0 bridgehead atoms. The van der Waals surface area contributed by atoms with Crippen molar-refractivity contribution in [2.75, 3.05) is 13.7 Å². The normalized spacial score (nSPS) is 11.1. The number of aromatic amines is 1. The summed E-state index contributed by atoms with van der Waals surface area (Å²) in [4.78, 5) is 23.5. The van der Waals surface area contributed by atoms with Crippen LogP contribution < -0.4 is 10.1 Å². The molecule has 1 amide bonds. The van der Waals surface area contributed by atoms with Crippen LogP contribution in [0.3, 0.4) is 0 Å². The van der Waals surface area contributed by atoms with Gasteiger partial charge in [0.25, 0.3) is 5.91 Å². The fraction of sp³-hybridized carbons (Fsp3) is 0.150. The maximum absolute atomic E-state index is 13.0. The van der Waals surface area contributed by atoms with Crippen LogP contribution in [0.15, 0.2) is 36.4 Å². The van der Waals surface area contributed by atoms with E-state index in [1.807, 2.05) is 0 Å². The summed E-state index contributed by atoms with van der Waals surface area (Å²) in [5.74, 6) is -0.491. The first kappa shape index (κ1) is 18.3. The van der Waals surface area contributed by atoms with Gasteiger partial charge in [0, 0.05) is 0 Å². The van der Waals surface area contributed by atoms with E-state index in [-0.39, 0.29) is 18.1 Å². The minimum Gasteiger partial charge on any atom is -0.495 e.